The van der Waals surface area contributed by atoms with Crippen LogP contribution >= 0.6 is 0 Å². The van der Waals surface area contributed by atoms with Gasteiger partial charge in [0.1, 0.15) is 0 Å². The predicted molar refractivity (Wildman–Crippen MR) is 66.8 cm³/mol. The van der Waals surface area contributed by atoms with E-state index in [-0.39, 0.29) is 5.97 Å². The van der Waals surface area contributed by atoms with Gasteiger partial charge in [-0.15, -0.1) is 0 Å². The maximum atomic E-state index is 11.7. The number of aryl methyl sites for hydroxylation is 2. The van der Waals surface area contributed by atoms with Crippen LogP contribution in [0.25, 0.3) is 0 Å². The van der Waals surface area contributed by atoms with Crippen molar-refractivity contribution in [3.8, 4) is 0 Å². The van der Waals surface area contributed by atoms with Crippen LogP contribution < -0.4 is 0 Å². The molecule has 0 saturated carbocycles. The molecule has 0 bridgehead atoms. The lowest BCUT2D eigenvalue weighted by Crippen LogP contribution is -2.31. The van der Waals surface area contributed by atoms with E-state index in [1.165, 1.54) is 12.8 Å². The van der Waals surface area contributed by atoms with Crippen molar-refractivity contribution < 1.29 is 9.53 Å². The first-order valence-corrected chi connectivity index (χ1v) is 6.08. The van der Waals surface area contributed by atoms with Gasteiger partial charge in [-0.2, -0.15) is 5.10 Å². The monoisotopic (exact) mass is 238 g/mol. The third-order valence-electron chi connectivity index (χ3n) is 2.92. The molecule has 1 aromatic heterocycles. The van der Waals surface area contributed by atoms with Gasteiger partial charge in [-0.1, -0.05) is 13.8 Å². The average Bonchev–Trinajstić information content (AvgIpc) is 2.69. The first-order chi connectivity index (χ1) is 7.94. The van der Waals surface area contributed by atoms with E-state index in [0.717, 1.165) is 18.5 Å². The summed E-state index contributed by atoms with van der Waals surface area (Å²) in [6.45, 7) is 8.50. The summed E-state index contributed by atoms with van der Waals surface area (Å²) in [5.74, 6) is -0.201. The fourth-order valence-electron chi connectivity index (χ4n) is 1.82. The molecule has 0 amide bonds. The van der Waals surface area contributed by atoms with Gasteiger partial charge in [-0.25, -0.2) is 0 Å². The smallest absolute Gasteiger partial charge is 0.313 e. The number of nitrogens with zero attached hydrogens (tertiary/aromatic N) is 2. The van der Waals surface area contributed by atoms with E-state index in [9.17, 15) is 4.79 Å². The number of ether oxygens (including phenoxy) is 1. The SMILES string of the molecule is CCc1cc(CC)n(CC(C)(C)C(=O)OC)n1. The lowest BCUT2D eigenvalue weighted by molar-refractivity contribution is -0.151. The molecule has 4 nitrogen and oxygen atoms in total. The second-order valence-electron chi connectivity index (χ2n) is 4.87. The molecule has 0 radical (unpaired) electrons. The molecule has 0 aliphatic heterocycles. The average molecular weight is 238 g/mol. The van der Waals surface area contributed by atoms with Crippen molar-refractivity contribution >= 4 is 5.97 Å². The summed E-state index contributed by atoms with van der Waals surface area (Å²) in [7, 11) is 1.42. The molecule has 1 aromatic rings. The van der Waals surface area contributed by atoms with Crippen LogP contribution in [0.5, 0.6) is 0 Å². The number of esters is 1. The van der Waals surface area contributed by atoms with E-state index in [2.05, 4.69) is 25.0 Å². The summed E-state index contributed by atoms with van der Waals surface area (Å²) in [6, 6.07) is 2.10. The lowest BCUT2D eigenvalue weighted by Gasteiger charge is -2.22. The van der Waals surface area contributed by atoms with Crippen LogP contribution in [-0.4, -0.2) is 22.9 Å². The Hall–Kier alpha value is -1.32. The van der Waals surface area contributed by atoms with Crippen molar-refractivity contribution in [1.29, 1.82) is 0 Å². The summed E-state index contributed by atoms with van der Waals surface area (Å²) in [5, 5.41) is 4.51. The minimum atomic E-state index is -0.546. The zero-order valence-electron chi connectivity index (χ0n) is 11.4. The fourth-order valence-corrected chi connectivity index (χ4v) is 1.82. The van der Waals surface area contributed by atoms with Crippen LogP contribution in [0.1, 0.15) is 39.1 Å². The highest BCUT2D eigenvalue weighted by Crippen LogP contribution is 2.21. The van der Waals surface area contributed by atoms with Crippen molar-refractivity contribution in [2.24, 2.45) is 5.41 Å². The van der Waals surface area contributed by atoms with Gasteiger partial charge in [-0.05, 0) is 32.8 Å². The molecular weight excluding hydrogens is 216 g/mol. The summed E-state index contributed by atoms with van der Waals surface area (Å²) in [5.41, 5.74) is 1.69. The largest absolute Gasteiger partial charge is 0.469 e. The summed E-state index contributed by atoms with van der Waals surface area (Å²) in [4.78, 5) is 11.7. The van der Waals surface area contributed by atoms with Crippen molar-refractivity contribution in [1.82, 2.24) is 9.78 Å². The maximum Gasteiger partial charge on any atom is 0.313 e. The number of carbonyl (C=O) groups is 1. The molecular formula is C13H22N2O2. The normalized spacial score (nSPS) is 11.6. The standard InChI is InChI=1S/C13H22N2O2/c1-6-10-8-11(7-2)15(14-10)9-13(3,4)12(16)17-5/h8H,6-7,9H2,1-5H3. The minimum absolute atomic E-state index is 0.201. The van der Waals surface area contributed by atoms with E-state index in [0.29, 0.717) is 6.54 Å². The van der Waals surface area contributed by atoms with Gasteiger partial charge >= 0.3 is 5.97 Å². The second kappa shape index (κ2) is 5.34. The first kappa shape index (κ1) is 13.7. The van der Waals surface area contributed by atoms with E-state index in [4.69, 9.17) is 4.74 Å². The molecule has 0 saturated heterocycles. The highest BCUT2D eigenvalue weighted by molar-refractivity contribution is 5.75. The molecule has 0 aromatic carbocycles. The van der Waals surface area contributed by atoms with Crippen molar-refractivity contribution in [3.63, 3.8) is 0 Å². The van der Waals surface area contributed by atoms with Gasteiger partial charge in [-0.3, -0.25) is 9.48 Å². The molecule has 1 heterocycles. The first-order valence-electron chi connectivity index (χ1n) is 6.08. The molecule has 0 aliphatic carbocycles. The van der Waals surface area contributed by atoms with Crippen LogP contribution in [0.15, 0.2) is 6.07 Å². The molecule has 0 unspecified atom stereocenters. The van der Waals surface area contributed by atoms with Gasteiger partial charge in [0.15, 0.2) is 0 Å². The Morgan fingerprint density at radius 3 is 2.53 bits per heavy atom. The summed E-state index contributed by atoms with van der Waals surface area (Å²) >= 11 is 0. The number of hydrogen-bond acceptors (Lipinski definition) is 3. The number of rotatable bonds is 5. The van der Waals surface area contributed by atoms with Gasteiger partial charge in [0.25, 0.3) is 0 Å². The Labute approximate surface area is 103 Å². The minimum Gasteiger partial charge on any atom is -0.469 e. The quantitative estimate of drug-likeness (QED) is 0.739. The van der Waals surface area contributed by atoms with Gasteiger partial charge in [0.05, 0.1) is 24.8 Å². The second-order valence-corrected chi connectivity index (χ2v) is 4.87. The molecule has 96 valence electrons. The Bertz CT molecular complexity index is 394. The molecule has 0 atom stereocenters. The molecule has 0 N–H and O–H groups in total. The van der Waals surface area contributed by atoms with Crippen LogP contribution in [0, 0.1) is 5.41 Å². The van der Waals surface area contributed by atoms with Crippen molar-refractivity contribution in [3.05, 3.63) is 17.5 Å². The third kappa shape index (κ3) is 3.08. The van der Waals surface area contributed by atoms with Gasteiger partial charge in [0.2, 0.25) is 0 Å². The number of hydrogen-bond donors (Lipinski definition) is 0. The van der Waals surface area contributed by atoms with Gasteiger partial charge in [0, 0.05) is 5.69 Å². The van der Waals surface area contributed by atoms with Crippen molar-refractivity contribution in [2.75, 3.05) is 7.11 Å². The molecule has 1 rings (SSSR count). The van der Waals surface area contributed by atoms with Crippen LogP contribution in [0.4, 0.5) is 0 Å². The van der Waals surface area contributed by atoms with E-state index in [1.54, 1.807) is 0 Å². The molecule has 17 heavy (non-hydrogen) atoms. The maximum absolute atomic E-state index is 11.7. The van der Waals surface area contributed by atoms with Gasteiger partial charge < -0.3 is 4.74 Å². The highest BCUT2D eigenvalue weighted by Gasteiger charge is 2.30. The topological polar surface area (TPSA) is 44.1 Å². The van der Waals surface area contributed by atoms with E-state index < -0.39 is 5.41 Å². The zero-order chi connectivity index (χ0) is 13.1. The Balaban J connectivity index is 2.93. The lowest BCUT2D eigenvalue weighted by atomic mass is 9.94. The van der Waals surface area contributed by atoms with Crippen molar-refractivity contribution in [2.45, 2.75) is 47.1 Å². The summed E-state index contributed by atoms with van der Waals surface area (Å²) in [6.07, 6.45) is 1.84. The van der Waals surface area contributed by atoms with Crippen LogP contribution in [0.2, 0.25) is 0 Å². The fraction of sp³-hybridized carbons (Fsp3) is 0.692. The number of carbonyl (C=O) groups excluding carboxylic acids is 1. The molecule has 4 heteroatoms. The number of aromatic nitrogens is 2. The zero-order valence-corrected chi connectivity index (χ0v) is 11.4. The Morgan fingerprint density at radius 2 is 2.06 bits per heavy atom. The number of methoxy groups -OCH3 is 1. The van der Waals surface area contributed by atoms with Crippen LogP contribution in [-0.2, 0) is 28.9 Å². The molecule has 0 aliphatic rings. The third-order valence-corrected chi connectivity index (χ3v) is 2.92. The van der Waals surface area contributed by atoms with E-state index >= 15 is 0 Å². The molecule has 0 spiro atoms. The highest BCUT2D eigenvalue weighted by atomic mass is 16.5. The predicted octanol–water partition coefficient (Wildman–Crippen LogP) is 2.21. The Kier molecular flexibility index (Phi) is 4.32. The summed E-state index contributed by atoms with van der Waals surface area (Å²) < 4.78 is 6.74. The Morgan fingerprint density at radius 1 is 1.41 bits per heavy atom. The van der Waals surface area contributed by atoms with E-state index in [1.807, 2.05) is 18.5 Å². The molecule has 0 fully saturated rings. The van der Waals surface area contributed by atoms with Crippen LogP contribution in [0.3, 0.4) is 0 Å².